The number of nitrogens with zero attached hydrogens (tertiary/aromatic N) is 1. The summed E-state index contributed by atoms with van der Waals surface area (Å²) in [5.74, 6) is 0.134. The highest BCUT2D eigenvalue weighted by molar-refractivity contribution is 9.10. The third-order valence-corrected chi connectivity index (χ3v) is 4.61. The fourth-order valence-corrected chi connectivity index (χ4v) is 3.24. The largest absolute Gasteiger partial charge is 0.504 e. The van der Waals surface area contributed by atoms with Crippen LogP contribution in [0, 0.1) is 0 Å². The molecular weight excluding hydrogens is 456 g/mol. The Balaban J connectivity index is 1.79. The van der Waals surface area contributed by atoms with Crippen LogP contribution in [0.25, 0.3) is 0 Å². The number of phenols is 1. The van der Waals surface area contributed by atoms with E-state index in [-0.39, 0.29) is 11.7 Å². The first-order valence-electron chi connectivity index (χ1n) is 8.82. The highest BCUT2D eigenvalue weighted by Crippen LogP contribution is 2.33. The molecule has 29 heavy (non-hydrogen) atoms. The molecule has 0 aliphatic rings. The zero-order valence-electron chi connectivity index (χ0n) is 15.5. The summed E-state index contributed by atoms with van der Waals surface area (Å²) in [6.45, 7) is 2.28. The van der Waals surface area contributed by atoms with E-state index in [9.17, 15) is 9.90 Å². The minimum absolute atomic E-state index is 0.0178. The summed E-state index contributed by atoms with van der Waals surface area (Å²) in [5.41, 5.74) is 2.19. The summed E-state index contributed by atoms with van der Waals surface area (Å²) in [6.07, 6.45) is 1.54. The first kappa shape index (κ1) is 20.9. The number of hydrogen-bond acceptors (Lipinski definition) is 4. The molecule has 3 aromatic rings. The zero-order valence-corrected chi connectivity index (χ0v) is 17.9. The molecule has 0 aliphatic heterocycles. The molecule has 1 amide bonds. The van der Waals surface area contributed by atoms with Crippen molar-refractivity contribution < 1.29 is 14.6 Å². The highest BCUT2D eigenvalue weighted by Gasteiger charge is 2.09. The van der Waals surface area contributed by atoms with E-state index in [1.54, 1.807) is 66.9 Å². The van der Waals surface area contributed by atoms with Crippen molar-refractivity contribution in [1.82, 2.24) is 0 Å². The summed E-state index contributed by atoms with van der Waals surface area (Å²) < 4.78 is 6.19. The summed E-state index contributed by atoms with van der Waals surface area (Å²) in [4.78, 5) is 16.8. The van der Waals surface area contributed by atoms with Crippen LogP contribution in [0.5, 0.6) is 11.5 Å². The minimum atomic E-state index is -0.264. The highest BCUT2D eigenvalue weighted by atomic mass is 79.9. The van der Waals surface area contributed by atoms with Crippen molar-refractivity contribution in [2.45, 2.75) is 6.92 Å². The fourth-order valence-electron chi connectivity index (χ4n) is 2.60. The number of halogens is 2. The molecule has 0 fully saturated rings. The average molecular weight is 474 g/mol. The topological polar surface area (TPSA) is 70.9 Å². The molecule has 0 bridgehead atoms. The molecule has 2 N–H and O–H groups in total. The van der Waals surface area contributed by atoms with E-state index >= 15 is 0 Å². The van der Waals surface area contributed by atoms with E-state index in [0.717, 1.165) is 4.47 Å². The van der Waals surface area contributed by atoms with Crippen molar-refractivity contribution >= 4 is 51.0 Å². The maximum atomic E-state index is 12.4. The first-order chi connectivity index (χ1) is 14.0. The van der Waals surface area contributed by atoms with Gasteiger partial charge in [-0.2, -0.15) is 0 Å². The van der Waals surface area contributed by atoms with Crippen LogP contribution < -0.4 is 10.1 Å². The van der Waals surface area contributed by atoms with Crippen LogP contribution in [-0.2, 0) is 0 Å². The SMILES string of the molecule is CCOc1cc(Br)cc(C=Nc2cccc(NC(=O)c3cccc(Cl)c3)c2)c1O. The Bertz CT molecular complexity index is 1070. The number of amides is 1. The predicted molar refractivity (Wildman–Crippen MR) is 120 cm³/mol. The lowest BCUT2D eigenvalue weighted by molar-refractivity contribution is 0.102. The Kier molecular flexibility index (Phi) is 6.90. The number of benzene rings is 3. The summed E-state index contributed by atoms with van der Waals surface area (Å²) in [6, 6.07) is 17.2. The van der Waals surface area contributed by atoms with Crippen LogP contribution >= 0.6 is 27.5 Å². The number of aliphatic imine (C=N–C) groups is 1. The number of hydrogen-bond donors (Lipinski definition) is 2. The third kappa shape index (κ3) is 5.59. The summed E-state index contributed by atoms with van der Waals surface area (Å²) in [5, 5.41) is 13.7. The molecule has 0 saturated heterocycles. The van der Waals surface area contributed by atoms with Crippen molar-refractivity contribution in [1.29, 1.82) is 0 Å². The van der Waals surface area contributed by atoms with Gasteiger partial charge < -0.3 is 15.2 Å². The van der Waals surface area contributed by atoms with E-state index in [2.05, 4.69) is 26.2 Å². The van der Waals surface area contributed by atoms with E-state index in [1.807, 2.05) is 6.92 Å². The van der Waals surface area contributed by atoms with Gasteiger partial charge in [0, 0.05) is 32.5 Å². The number of carbonyl (C=O) groups excluding carboxylic acids is 1. The molecule has 0 radical (unpaired) electrons. The second-order valence-corrected chi connectivity index (χ2v) is 7.40. The molecular formula is C22H18BrClN2O3. The Morgan fingerprint density at radius 3 is 2.76 bits per heavy atom. The molecule has 7 heteroatoms. The second-order valence-electron chi connectivity index (χ2n) is 6.05. The molecule has 0 saturated carbocycles. The van der Waals surface area contributed by atoms with Crippen LogP contribution in [0.1, 0.15) is 22.8 Å². The number of carbonyl (C=O) groups is 1. The van der Waals surface area contributed by atoms with Crippen molar-refractivity contribution in [3.8, 4) is 11.5 Å². The Morgan fingerprint density at radius 1 is 1.21 bits per heavy atom. The van der Waals surface area contributed by atoms with E-state index in [1.165, 1.54) is 0 Å². The number of aromatic hydroxyl groups is 1. The van der Waals surface area contributed by atoms with Gasteiger partial charge in [-0.3, -0.25) is 9.79 Å². The van der Waals surface area contributed by atoms with Crippen LogP contribution in [0.2, 0.25) is 5.02 Å². The molecule has 3 aromatic carbocycles. The molecule has 148 valence electrons. The lowest BCUT2D eigenvalue weighted by atomic mass is 10.2. The van der Waals surface area contributed by atoms with E-state index in [0.29, 0.717) is 39.9 Å². The first-order valence-corrected chi connectivity index (χ1v) is 9.99. The Labute approximate surface area is 182 Å². The molecule has 5 nitrogen and oxygen atoms in total. The Morgan fingerprint density at radius 2 is 2.00 bits per heavy atom. The average Bonchev–Trinajstić information content (AvgIpc) is 2.70. The molecule has 0 heterocycles. The standard InChI is InChI=1S/C22H18BrClN2O3/c1-2-29-20-11-16(23)9-15(21(20)27)13-25-18-7-4-8-19(12-18)26-22(28)14-5-3-6-17(24)10-14/h3-13,27H,2H2,1H3,(H,26,28). The molecule has 0 spiro atoms. The molecule has 0 atom stereocenters. The monoisotopic (exact) mass is 472 g/mol. The number of ether oxygens (including phenoxy) is 1. The zero-order chi connectivity index (χ0) is 20.8. The van der Waals surface area contributed by atoms with Gasteiger partial charge in [-0.05, 0) is 55.5 Å². The van der Waals surface area contributed by atoms with Gasteiger partial charge in [0.05, 0.1) is 12.3 Å². The third-order valence-electron chi connectivity index (χ3n) is 3.91. The number of rotatable bonds is 6. The second kappa shape index (κ2) is 9.58. The smallest absolute Gasteiger partial charge is 0.255 e. The van der Waals surface area contributed by atoms with Gasteiger partial charge in [-0.15, -0.1) is 0 Å². The number of nitrogens with one attached hydrogen (secondary N) is 1. The lowest BCUT2D eigenvalue weighted by Gasteiger charge is -2.09. The van der Waals surface area contributed by atoms with Crippen molar-refractivity contribution in [3.05, 3.63) is 81.3 Å². The van der Waals surface area contributed by atoms with Crippen LogP contribution in [0.4, 0.5) is 11.4 Å². The van der Waals surface area contributed by atoms with Gasteiger partial charge in [0.25, 0.3) is 5.91 Å². The minimum Gasteiger partial charge on any atom is -0.504 e. The lowest BCUT2D eigenvalue weighted by Crippen LogP contribution is -2.11. The maximum Gasteiger partial charge on any atom is 0.255 e. The summed E-state index contributed by atoms with van der Waals surface area (Å²) in [7, 11) is 0. The molecule has 0 aromatic heterocycles. The molecule has 3 rings (SSSR count). The van der Waals surface area contributed by atoms with Gasteiger partial charge in [0.2, 0.25) is 0 Å². The van der Waals surface area contributed by atoms with Crippen molar-refractivity contribution in [2.75, 3.05) is 11.9 Å². The van der Waals surface area contributed by atoms with E-state index in [4.69, 9.17) is 16.3 Å². The summed E-state index contributed by atoms with van der Waals surface area (Å²) >= 11 is 9.34. The molecule has 0 unspecified atom stereocenters. The van der Waals surface area contributed by atoms with Gasteiger partial charge in [-0.1, -0.05) is 39.7 Å². The number of anilines is 1. The van der Waals surface area contributed by atoms with Gasteiger partial charge in [-0.25, -0.2) is 0 Å². The maximum absolute atomic E-state index is 12.4. The quantitative estimate of drug-likeness (QED) is 0.418. The molecule has 0 aliphatic carbocycles. The van der Waals surface area contributed by atoms with Crippen LogP contribution in [0.15, 0.2) is 70.1 Å². The number of phenolic OH excluding ortho intramolecular Hbond substituents is 1. The normalized spacial score (nSPS) is 10.9. The van der Waals surface area contributed by atoms with Gasteiger partial charge in [0.15, 0.2) is 11.5 Å². The van der Waals surface area contributed by atoms with Gasteiger partial charge in [0.1, 0.15) is 0 Å². The van der Waals surface area contributed by atoms with Crippen molar-refractivity contribution in [2.24, 2.45) is 4.99 Å². The van der Waals surface area contributed by atoms with E-state index < -0.39 is 0 Å². The van der Waals surface area contributed by atoms with Gasteiger partial charge >= 0.3 is 0 Å². The predicted octanol–water partition coefficient (Wildman–Crippen LogP) is 6.21. The van der Waals surface area contributed by atoms with Crippen molar-refractivity contribution in [3.63, 3.8) is 0 Å². The fraction of sp³-hybridized carbons (Fsp3) is 0.0909. The van der Waals surface area contributed by atoms with Crippen LogP contribution in [-0.4, -0.2) is 23.8 Å². The Hall–Kier alpha value is -2.83. The van der Waals surface area contributed by atoms with Crippen LogP contribution in [0.3, 0.4) is 0 Å².